The first-order valence-electron chi connectivity index (χ1n) is 14.4. The van der Waals surface area contributed by atoms with Gasteiger partial charge in [-0.3, -0.25) is 9.59 Å². The molecule has 1 heterocycles. The molecule has 2 aliphatic rings. The summed E-state index contributed by atoms with van der Waals surface area (Å²) in [5.74, 6) is 1.26. The quantitative estimate of drug-likeness (QED) is 0.240. The fraction of sp³-hybridized carbons (Fsp3) is 0.548. The van der Waals surface area contributed by atoms with Gasteiger partial charge in [0.1, 0.15) is 24.3 Å². The molecule has 0 aromatic heterocycles. The maximum atomic E-state index is 13.8. The number of hydrogen-bond donors (Lipinski definition) is 1. The number of fused-ring (bicyclic) bond motifs is 1. The molecule has 2 aromatic carbocycles. The Morgan fingerprint density at radius 2 is 1.77 bits per heavy atom. The summed E-state index contributed by atoms with van der Waals surface area (Å²) in [4.78, 5) is 28.6. The maximum Gasteiger partial charge on any atom is 0.247 e. The van der Waals surface area contributed by atoms with Crippen LogP contribution in [-0.4, -0.2) is 54.5 Å². The molecular weight excluding hydrogens is 516 g/mol. The molecule has 2 amide bonds. The van der Waals surface area contributed by atoms with Crippen LogP contribution in [0.5, 0.6) is 17.2 Å². The largest absolute Gasteiger partial charge is 0.494 e. The normalized spacial score (nSPS) is 17.7. The van der Waals surface area contributed by atoms with Crippen LogP contribution >= 0.6 is 11.6 Å². The number of alkyl halides is 1. The summed E-state index contributed by atoms with van der Waals surface area (Å²) in [7, 11) is 0. The molecule has 2 aromatic rings. The van der Waals surface area contributed by atoms with E-state index in [9.17, 15) is 9.59 Å². The van der Waals surface area contributed by atoms with Crippen molar-refractivity contribution in [3.05, 3.63) is 54.1 Å². The summed E-state index contributed by atoms with van der Waals surface area (Å²) in [6, 6.07) is 14.2. The van der Waals surface area contributed by atoms with Crippen molar-refractivity contribution in [2.45, 2.75) is 82.9 Å². The van der Waals surface area contributed by atoms with Gasteiger partial charge in [-0.2, -0.15) is 0 Å². The van der Waals surface area contributed by atoms with Gasteiger partial charge in [0.05, 0.1) is 13.2 Å². The Kier molecular flexibility index (Phi) is 11.2. The van der Waals surface area contributed by atoms with Crippen molar-refractivity contribution in [2.24, 2.45) is 0 Å². The molecule has 0 saturated heterocycles. The van der Waals surface area contributed by atoms with E-state index in [0.29, 0.717) is 23.7 Å². The molecule has 7 nitrogen and oxygen atoms in total. The fourth-order valence-corrected chi connectivity index (χ4v) is 5.42. The van der Waals surface area contributed by atoms with Crippen molar-refractivity contribution in [1.29, 1.82) is 0 Å². The van der Waals surface area contributed by atoms with Crippen LogP contribution < -0.4 is 19.5 Å². The van der Waals surface area contributed by atoms with E-state index in [1.165, 1.54) is 24.2 Å². The first-order valence-corrected chi connectivity index (χ1v) is 14.9. The number of benzene rings is 2. The number of nitrogens with zero attached hydrogens (tertiary/aromatic N) is 1. The summed E-state index contributed by atoms with van der Waals surface area (Å²) in [6.45, 7) is 3.27. The second-order valence-electron chi connectivity index (χ2n) is 10.4. The number of carbonyl (C=O) groups is 2. The second kappa shape index (κ2) is 15.0. The molecule has 1 aliphatic carbocycles. The predicted octanol–water partition coefficient (Wildman–Crippen LogP) is 6.04. The lowest BCUT2D eigenvalue weighted by atomic mass is 9.94. The summed E-state index contributed by atoms with van der Waals surface area (Å²) >= 11 is 6.08. The molecule has 2 unspecified atom stereocenters. The fourth-order valence-electron chi connectivity index (χ4n) is 5.27. The lowest BCUT2D eigenvalue weighted by molar-refractivity contribution is -0.141. The maximum absolute atomic E-state index is 13.8. The van der Waals surface area contributed by atoms with Gasteiger partial charge in [-0.25, -0.2) is 0 Å². The van der Waals surface area contributed by atoms with Crippen molar-refractivity contribution < 1.29 is 23.8 Å². The van der Waals surface area contributed by atoms with Crippen LogP contribution in [0.3, 0.4) is 0 Å². The highest BCUT2D eigenvalue weighted by atomic mass is 35.5. The van der Waals surface area contributed by atoms with Crippen molar-refractivity contribution in [3.63, 3.8) is 0 Å². The molecule has 1 aliphatic heterocycles. The highest BCUT2D eigenvalue weighted by molar-refractivity contribution is 6.27. The van der Waals surface area contributed by atoms with E-state index in [-0.39, 0.29) is 36.9 Å². The standard InChI is InChI=1S/C31H41ClN2O5/c1-2-3-4-10-19-37-25-17-15-23(16-18-25)30(31(36)33-24-11-6-5-7-12-24)34(29(35)20-32)21-26-22-38-27-13-8-9-14-28(27)39-26/h8-9,13-18,24,26,30H,2-7,10-12,19-22H2,1H3,(H,33,36). The number of unbranched alkanes of at least 4 members (excludes halogenated alkanes) is 3. The average Bonchev–Trinajstić information content (AvgIpc) is 2.97. The molecule has 1 fully saturated rings. The molecule has 1 N–H and O–H groups in total. The molecule has 0 spiro atoms. The minimum Gasteiger partial charge on any atom is -0.494 e. The zero-order valence-corrected chi connectivity index (χ0v) is 23.7. The zero-order valence-electron chi connectivity index (χ0n) is 22.9. The van der Waals surface area contributed by atoms with Gasteiger partial charge in [-0.1, -0.05) is 69.7 Å². The summed E-state index contributed by atoms with van der Waals surface area (Å²) in [5, 5.41) is 3.22. The van der Waals surface area contributed by atoms with Crippen LogP contribution in [0.1, 0.15) is 76.3 Å². The van der Waals surface area contributed by atoms with Crippen LogP contribution in [0, 0.1) is 0 Å². The van der Waals surface area contributed by atoms with Gasteiger partial charge >= 0.3 is 0 Å². The molecule has 8 heteroatoms. The number of hydrogen-bond acceptors (Lipinski definition) is 5. The highest BCUT2D eigenvalue weighted by Gasteiger charge is 2.35. The number of nitrogens with one attached hydrogen (secondary N) is 1. The third kappa shape index (κ3) is 8.28. The molecule has 0 bridgehead atoms. The van der Waals surface area contributed by atoms with Crippen LogP contribution in [0.25, 0.3) is 0 Å². The number of para-hydroxylation sites is 2. The highest BCUT2D eigenvalue weighted by Crippen LogP contribution is 2.32. The number of carbonyl (C=O) groups excluding carboxylic acids is 2. The molecule has 39 heavy (non-hydrogen) atoms. The van der Waals surface area contributed by atoms with Crippen LogP contribution in [0.2, 0.25) is 0 Å². The molecule has 4 rings (SSSR count). The minimum absolute atomic E-state index is 0.105. The van der Waals surface area contributed by atoms with Gasteiger partial charge in [0.15, 0.2) is 17.6 Å². The number of halogens is 1. The van der Waals surface area contributed by atoms with Crippen LogP contribution in [0.4, 0.5) is 0 Å². The minimum atomic E-state index is -0.849. The summed E-state index contributed by atoms with van der Waals surface area (Å²) in [6.07, 6.45) is 9.36. The van der Waals surface area contributed by atoms with E-state index in [0.717, 1.165) is 44.3 Å². The predicted molar refractivity (Wildman–Crippen MR) is 153 cm³/mol. The Hall–Kier alpha value is -2.93. The molecular formula is C31H41ClN2O5. The topological polar surface area (TPSA) is 77.1 Å². The van der Waals surface area contributed by atoms with E-state index in [1.807, 2.05) is 48.5 Å². The van der Waals surface area contributed by atoms with Crippen LogP contribution in [0.15, 0.2) is 48.5 Å². The monoisotopic (exact) mass is 556 g/mol. The van der Waals surface area contributed by atoms with Gasteiger partial charge < -0.3 is 24.4 Å². The second-order valence-corrected chi connectivity index (χ2v) is 10.7. The summed E-state index contributed by atoms with van der Waals surface area (Å²) in [5.41, 5.74) is 0.706. The van der Waals surface area contributed by atoms with E-state index >= 15 is 0 Å². The molecule has 0 radical (unpaired) electrons. The van der Waals surface area contributed by atoms with Crippen molar-refractivity contribution in [1.82, 2.24) is 10.2 Å². The van der Waals surface area contributed by atoms with Gasteiger partial charge in [0, 0.05) is 6.04 Å². The number of ether oxygens (including phenoxy) is 3. The number of rotatable bonds is 13. The smallest absolute Gasteiger partial charge is 0.247 e. The Morgan fingerprint density at radius 3 is 2.49 bits per heavy atom. The Morgan fingerprint density at radius 1 is 1.03 bits per heavy atom. The van der Waals surface area contributed by atoms with Crippen molar-refractivity contribution in [2.75, 3.05) is 25.6 Å². The lowest BCUT2D eigenvalue weighted by Crippen LogP contribution is -2.51. The van der Waals surface area contributed by atoms with E-state index in [1.54, 1.807) is 0 Å². The van der Waals surface area contributed by atoms with Gasteiger partial charge in [0.25, 0.3) is 0 Å². The first kappa shape index (κ1) is 29.1. The molecule has 212 valence electrons. The van der Waals surface area contributed by atoms with Gasteiger partial charge in [-0.15, -0.1) is 11.6 Å². The van der Waals surface area contributed by atoms with Crippen molar-refractivity contribution in [3.8, 4) is 17.2 Å². The average molecular weight is 557 g/mol. The van der Waals surface area contributed by atoms with E-state index in [2.05, 4.69) is 12.2 Å². The Labute approximate surface area is 237 Å². The Bertz CT molecular complexity index is 1060. The van der Waals surface area contributed by atoms with Crippen molar-refractivity contribution >= 4 is 23.4 Å². The van der Waals surface area contributed by atoms with Crippen LogP contribution in [-0.2, 0) is 9.59 Å². The first-order chi connectivity index (χ1) is 19.1. The molecule has 2 atom stereocenters. The van der Waals surface area contributed by atoms with Gasteiger partial charge in [0.2, 0.25) is 11.8 Å². The van der Waals surface area contributed by atoms with Gasteiger partial charge in [-0.05, 0) is 49.1 Å². The number of amides is 2. The lowest BCUT2D eigenvalue weighted by Gasteiger charge is -2.36. The SMILES string of the molecule is CCCCCCOc1ccc(C(C(=O)NC2CCCCC2)N(CC2COc3ccccc3O2)C(=O)CCl)cc1. The summed E-state index contributed by atoms with van der Waals surface area (Å²) < 4.78 is 17.9. The molecule has 1 saturated carbocycles. The Balaban J connectivity index is 1.53. The van der Waals surface area contributed by atoms with E-state index in [4.69, 9.17) is 25.8 Å². The zero-order chi connectivity index (χ0) is 27.5. The third-order valence-corrected chi connectivity index (χ3v) is 7.61. The van der Waals surface area contributed by atoms with E-state index < -0.39 is 12.1 Å². The third-order valence-electron chi connectivity index (χ3n) is 7.38.